The minimum Gasteiger partial charge on any atom is -0.478 e. The molecular formula is C16H16FNO2S. The molecule has 2 aromatic rings. The van der Waals surface area contributed by atoms with E-state index in [-0.39, 0.29) is 5.56 Å². The molecule has 0 aliphatic heterocycles. The molecule has 1 aliphatic rings. The van der Waals surface area contributed by atoms with Gasteiger partial charge in [0.25, 0.3) is 0 Å². The molecule has 0 spiro atoms. The maximum Gasteiger partial charge on any atom is 0.336 e. The van der Waals surface area contributed by atoms with E-state index in [4.69, 9.17) is 0 Å². The number of aromatic carboxylic acids is 1. The molecular weight excluding hydrogens is 289 g/mol. The van der Waals surface area contributed by atoms with Crippen molar-refractivity contribution >= 4 is 17.3 Å². The topological polar surface area (TPSA) is 40.5 Å². The maximum atomic E-state index is 13.2. The summed E-state index contributed by atoms with van der Waals surface area (Å²) in [7, 11) is 0. The van der Waals surface area contributed by atoms with Crippen molar-refractivity contribution in [3.05, 3.63) is 57.5 Å². The van der Waals surface area contributed by atoms with Crippen LogP contribution in [0.2, 0.25) is 0 Å². The van der Waals surface area contributed by atoms with E-state index in [0.717, 1.165) is 25.5 Å². The van der Waals surface area contributed by atoms with E-state index in [1.54, 1.807) is 17.4 Å². The highest BCUT2D eigenvalue weighted by Gasteiger charge is 2.30. The third-order valence-corrected chi connectivity index (χ3v) is 4.44. The molecule has 0 saturated heterocycles. The van der Waals surface area contributed by atoms with Crippen molar-refractivity contribution in [3.8, 4) is 0 Å². The third kappa shape index (κ3) is 3.49. The Labute approximate surface area is 126 Å². The van der Waals surface area contributed by atoms with Gasteiger partial charge in [-0.15, -0.1) is 0 Å². The van der Waals surface area contributed by atoms with Crippen molar-refractivity contribution in [1.29, 1.82) is 0 Å². The first-order chi connectivity index (χ1) is 10.1. The number of carboxylic acids is 1. The lowest BCUT2D eigenvalue weighted by atomic mass is 10.1. The predicted molar refractivity (Wildman–Crippen MR) is 79.9 cm³/mol. The summed E-state index contributed by atoms with van der Waals surface area (Å²) in [5.74, 6) is -1.58. The summed E-state index contributed by atoms with van der Waals surface area (Å²) >= 11 is 1.66. The molecule has 0 amide bonds. The number of hydrogen-bond donors (Lipinski definition) is 1. The highest BCUT2D eigenvalue weighted by molar-refractivity contribution is 7.07. The largest absolute Gasteiger partial charge is 0.478 e. The van der Waals surface area contributed by atoms with Gasteiger partial charge < -0.3 is 5.11 Å². The number of carboxylic acid groups (broad SMARTS) is 1. The number of halogens is 1. The van der Waals surface area contributed by atoms with Crippen LogP contribution in [0, 0.1) is 5.82 Å². The molecule has 0 radical (unpaired) electrons. The smallest absolute Gasteiger partial charge is 0.336 e. The second kappa shape index (κ2) is 5.95. The molecule has 0 bridgehead atoms. The van der Waals surface area contributed by atoms with Crippen molar-refractivity contribution in [3.63, 3.8) is 0 Å². The summed E-state index contributed by atoms with van der Waals surface area (Å²) in [6.07, 6.45) is 2.29. The Balaban J connectivity index is 1.81. The molecule has 1 aromatic heterocycles. The molecule has 1 saturated carbocycles. The van der Waals surface area contributed by atoms with Crippen LogP contribution in [0.15, 0.2) is 35.0 Å². The first-order valence-electron chi connectivity index (χ1n) is 6.90. The quantitative estimate of drug-likeness (QED) is 0.883. The lowest BCUT2D eigenvalue weighted by Gasteiger charge is -2.22. The average molecular weight is 305 g/mol. The van der Waals surface area contributed by atoms with Gasteiger partial charge in [-0.25, -0.2) is 9.18 Å². The summed E-state index contributed by atoms with van der Waals surface area (Å²) in [6, 6.07) is 6.62. The second-order valence-electron chi connectivity index (χ2n) is 5.37. The Bertz CT molecular complexity index is 638. The monoisotopic (exact) mass is 305 g/mol. The van der Waals surface area contributed by atoms with Crippen LogP contribution in [0.5, 0.6) is 0 Å². The van der Waals surface area contributed by atoms with E-state index < -0.39 is 11.8 Å². The van der Waals surface area contributed by atoms with E-state index in [1.165, 1.54) is 11.6 Å². The fourth-order valence-corrected chi connectivity index (χ4v) is 3.14. The van der Waals surface area contributed by atoms with E-state index in [1.807, 2.05) is 5.38 Å². The second-order valence-corrected chi connectivity index (χ2v) is 6.15. The van der Waals surface area contributed by atoms with E-state index in [2.05, 4.69) is 16.3 Å². The van der Waals surface area contributed by atoms with Gasteiger partial charge in [-0.3, -0.25) is 4.90 Å². The summed E-state index contributed by atoms with van der Waals surface area (Å²) < 4.78 is 13.2. The van der Waals surface area contributed by atoms with Crippen molar-refractivity contribution in [2.75, 3.05) is 0 Å². The Hall–Kier alpha value is -1.72. The number of thiophene rings is 1. The fraction of sp³-hybridized carbons (Fsp3) is 0.312. The standard InChI is InChI=1S/C16H16FNO2S/c17-13-2-1-12(15(7-13)16(19)20)9-18(14-3-4-14)8-11-5-6-21-10-11/h1-2,5-7,10,14H,3-4,8-9H2,(H,19,20). The first-order valence-corrected chi connectivity index (χ1v) is 7.84. The molecule has 1 heterocycles. The fourth-order valence-electron chi connectivity index (χ4n) is 2.48. The van der Waals surface area contributed by atoms with Gasteiger partial charge in [0.15, 0.2) is 0 Å². The van der Waals surface area contributed by atoms with Gasteiger partial charge in [0.2, 0.25) is 0 Å². The SMILES string of the molecule is O=C(O)c1cc(F)ccc1CN(Cc1ccsc1)C1CC1. The molecule has 1 fully saturated rings. The molecule has 21 heavy (non-hydrogen) atoms. The summed E-state index contributed by atoms with van der Waals surface area (Å²) in [5, 5.41) is 13.4. The van der Waals surface area contributed by atoms with Crippen LogP contribution < -0.4 is 0 Å². The third-order valence-electron chi connectivity index (χ3n) is 3.70. The highest BCUT2D eigenvalue weighted by atomic mass is 32.1. The zero-order chi connectivity index (χ0) is 14.8. The number of nitrogens with zero attached hydrogens (tertiary/aromatic N) is 1. The van der Waals surface area contributed by atoms with E-state index in [0.29, 0.717) is 18.2 Å². The van der Waals surface area contributed by atoms with Gasteiger partial charge in [-0.1, -0.05) is 6.07 Å². The molecule has 0 unspecified atom stereocenters. The van der Waals surface area contributed by atoms with Gasteiger partial charge in [-0.05, 0) is 52.9 Å². The zero-order valence-electron chi connectivity index (χ0n) is 11.5. The van der Waals surface area contributed by atoms with E-state index >= 15 is 0 Å². The number of hydrogen-bond acceptors (Lipinski definition) is 3. The number of benzene rings is 1. The minimum atomic E-state index is -1.07. The number of rotatable bonds is 6. The molecule has 1 N–H and O–H groups in total. The minimum absolute atomic E-state index is 0.0611. The highest BCUT2D eigenvalue weighted by Crippen LogP contribution is 2.30. The van der Waals surface area contributed by atoms with Crippen LogP contribution >= 0.6 is 11.3 Å². The van der Waals surface area contributed by atoms with Crippen molar-refractivity contribution < 1.29 is 14.3 Å². The normalized spacial score (nSPS) is 14.6. The van der Waals surface area contributed by atoms with Crippen molar-refractivity contribution in [2.24, 2.45) is 0 Å². The summed E-state index contributed by atoms with van der Waals surface area (Å²) in [4.78, 5) is 13.6. The van der Waals surface area contributed by atoms with Gasteiger partial charge in [-0.2, -0.15) is 11.3 Å². The van der Waals surface area contributed by atoms with Crippen LogP contribution in [-0.2, 0) is 13.1 Å². The Morgan fingerprint density at radius 2 is 2.14 bits per heavy atom. The van der Waals surface area contributed by atoms with Crippen LogP contribution in [-0.4, -0.2) is 22.0 Å². The molecule has 3 rings (SSSR count). The van der Waals surface area contributed by atoms with Crippen molar-refractivity contribution in [1.82, 2.24) is 4.90 Å². The molecule has 5 heteroatoms. The van der Waals surface area contributed by atoms with Gasteiger partial charge >= 0.3 is 5.97 Å². The maximum absolute atomic E-state index is 13.2. The first kappa shape index (κ1) is 14.2. The summed E-state index contributed by atoms with van der Waals surface area (Å²) in [6.45, 7) is 1.35. The Kier molecular flexibility index (Phi) is 4.03. The van der Waals surface area contributed by atoms with E-state index in [9.17, 15) is 14.3 Å². The van der Waals surface area contributed by atoms with Crippen molar-refractivity contribution in [2.45, 2.75) is 32.0 Å². The molecule has 3 nitrogen and oxygen atoms in total. The Morgan fingerprint density at radius 1 is 1.33 bits per heavy atom. The average Bonchev–Trinajstić information content (AvgIpc) is 3.18. The molecule has 0 atom stereocenters. The van der Waals surface area contributed by atoms with Gasteiger partial charge in [0, 0.05) is 19.1 Å². The van der Waals surface area contributed by atoms with Crippen LogP contribution in [0.3, 0.4) is 0 Å². The molecule has 1 aliphatic carbocycles. The predicted octanol–water partition coefficient (Wildman–Crippen LogP) is 3.75. The lowest BCUT2D eigenvalue weighted by Crippen LogP contribution is -2.26. The number of carbonyl (C=O) groups is 1. The van der Waals surface area contributed by atoms with Crippen LogP contribution in [0.1, 0.15) is 34.3 Å². The Morgan fingerprint density at radius 3 is 2.76 bits per heavy atom. The zero-order valence-corrected chi connectivity index (χ0v) is 12.3. The van der Waals surface area contributed by atoms with Gasteiger partial charge in [0.05, 0.1) is 5.56 Å². The van der Waals surface area contributed by atoms with Crippen LogP contribution in [0.25, 0.3) is 0 Å². The van der Waals surface area contributed by atoms with Gasteiger partial charge in [0.1, 0.15) is 5.82 Å². The summed E-state index contributed by atoms with van der Waals surface area (Å²) in [5.41, 5.74) is 1.97. The lowest BCUT2D eigenvalue weighted by molar-refractivity contribution is 0.0693. The van der Waals surface area contributed by atoms with Crippen LogP contribution in [0.4, 0.5) is 4.39 Å². The molecule has 110 valence electrons. The molecule has 1 aromatic carbocycles.